The number of nitrogens with zero attached hydrogens (tertiary/aromatic N) is 2. The van der Waals surface area contributed by atoms with E-state index in [9.17, 15) is 4.79 Å². The van der Waals surface area contributed by atoms with Crippen molar-refractivity contribution in [2.45, 2.75) is 26.8 Å². The third-order valence-electron chi connectivity index (χ3n) is 2.90. The number of piperazine rings is 1. The second kappa shape index (κ2) is 4.41. The average molecular weight is 198 g/mol. The van der Waals surface area contributed by atoms with Crippen molar-refractivity contribution >= 4 is 6.29 Å². The minimum absolute atomic E-state index is 0.204. The molecule has 0 radical (unpaired) electrons. The molecule has 3 heteroatoms. The average Bonchev–Trinajstić information content (AvgIpc) is 2.10. The lowest BCUT2D eigenvalue weighted by molar-refractivity contribution is -0.116. The second-order valence-corrected chi connectivity index (χ2v) is 5.19. The lowest BCUT2D eigenvalue weighted by Gasteiger charge is -2.40. The van der Waals surface area contributed by atoms with Gasteiger partial charge in [0, 0.05) is 37.6 Å². The van der Waals surface area contributed by atoms with Gasteiger partial charge in [-0.25, -0.2) is 0 Å². The van der Waals surface area contributed by atoms with Gasteiger partial charge in [-0.1, -0.05) is 13.8 Å². The van der Waals surface area contributed by atoms with Gasteiger partial charge in [-0.05, 0) is 14.0 Å². The van der Waals surface area contributed by atoms with Crippen LogP contribution in [0.3, 0.4) is 0 Å². The zero-order valence-corrected chi connectivity index (χ0v) is 9.79. The summed E-state index contributed by atoms with van der Waals surface area (Å²) in [4.78, 5) is 15.6. The zero-order valence-electron chi connectivity index (χ0n) is 9.79. The lowest BCUT2D eigenvalue weighted by Crippen LogP contribution is -2.53. The maximum absolute atomic E-state index is 10.8. The highest BCUT2D eigenvalue weighted by Crippen LogP contribution is 2.17. The fraction of sp³-hybridized carbons (Fsp3) is 0.909. The molecule has 1 aliphatic heterocycles. The zero-order chi connectivity index (χ0) is 10.8. The largest absolute Gasteiger partial charge is 0.304 e. The predicted molar refractivity (Wildman–Crippen MR) is 58.4 cm³/mol. The maximum Gasteiger partial charge on any atom is 0.126 e. The molecule has 0 aromatic heterocycles. The van der Waals surface area contributed by atoms with Crippen molar-refractivity contribution in [1.29, 1.82) is 0 Å². The van der Waals surface area contributed by atoms with Crippen molar-refractivity contribution in [1.82, 2.24) is 9.80 Å². The summed E-state index contributed by atoms with van der Waals surface area (Å²) >= 11 is 0. The van der Waals surface area contributed by atoms with Gasteiger partial charge in [0.15, 0.2) is 0 Å². The Morgan fingerprint density at radius 3 is 2.57 bits per heavy atom. The van der Waals surface area contributed by atoms with E-state index in [1.165, 1.54) is 0 Å². The number of carbonyl (C=O) groups excluding carboxylic acids is 1. The van der Waals surface area contributed by atoms with Crippen LogP contribution in [-0.4, -0.2) is 55.4 Å². The molecule has 1 saturated heterocycles. The molecule has 14 heavy (non-hydrogen) atoms. The minimum Gasteiger partial charge on any atom is -0.304 e. The number of hydrogen-bond donors (Lipinski definition) is 0. The van der Waals surface area contributed by atoms with Crippen molar-refractivity contribution in [3.63, 3.8) is 0 Å². The maximum atomic E-state index is 10.8. The van der Waals surface area contributed by atoms with Crippen LogP contribution in [0, 0.1) is 5.41 Å². The first-order valence-corrected chi connectivity index (χ1v) is 5.33. The van der Waals surface area contributed by atoms with Crippen LogP contribution < -0.4 is 0 Å². The number of likely N-dealkylation sites (N-methyl/N-ethyl adjacent to an activating group) is 1. The highest BCUT2D eigenvalue weighted by molar-refractivity contribution is 5.58. The monoisotopic (exact) mass is 198 g/mol. The Morgan fingerprint density at radius 1 is 1.43 bits per heavy atom. The molecule has 1 aliphatic rings. The predicted octanol–water partition coefficient (Wildman–Crippen LogP) is 0.847. The summed E-state index contributed by atoms with van der Waals surface area (Å²) < 4.78 is 0. The molecular weight excluding hydrogens is 176 g/mol. The molecule has 1 atom stereocenters. The Morgan fingerprint density at radius 2 is 2.07 bits per heavy atom. The summed E-state index contributed by atoms with van der Waals surface area (Å²) in [5, 5.41) is 0. The van der Waals surface area contributed by atoms with Crippen LogP contribution in [0.2, 0.25) is 0 Å². The SMILES string of the molecule is CC1CN(C)CCN1CC(C)(C)C=O. The van der Waals surface area contributed by atoms with Crippen LogP contribution >= 0.6 is 0 Å². The summed E-state index contributed by atoms with van der Waals surface area (Å²) in [6, 6.07) is 0.563. The first kappa shape index (κ1) is 11.7. The van der Waals surface area contributed by atoms with Gasteiger partial charge in [0.2, 0.25) is 0 Å². The van der Waals surface area contributed by atoms with E-state index in [0.717, 1.165) is 32.5 Å². The van der Waals surface area contributed by atoms with Crippen LogP contribution in [0.1, 0.15) is 20.8 Å². The molecule has 1 fully saturated rings. The third-order valence-corrected chi connectivity index (χ3v) is 2.90. The summed E-state index contributed by atoms with van der Waals surface area (Å²) in [6.45, 7) is 10.4. The third kappa shape index (κ3) is 3.07. The Balaban J connectivity index is 2.49. The highest BCUT2D eigenvalue weighted by Gasteiger charge is 2.27. The van der Waals surface area contributed by atoms with Gasteiger partial charge in [-0.15, -0.1) is 0 Å². The molecule has 1 rings (SSSR count). The number of aldehydes is 1. The molecule has 1 heterocycles. The first-order valence-electron chi connectivity index (χ1n) is 5.33. The topological polar surface area (TPSA) is 23.6 Å². The molecule has 0 N–H and O–H groups in total. The molecule has 1 unspecified atom stereocenters. The van der Waals surface area contributed by atoms with Crippen molar-refractivity contribution in [2.24, 2.45) is 5.41 Å². The molecule has 0 saturated carbocycles. The Bertz CT molecular complexity index is 203. The Kier molecular flexibility index (Phi) is 3.67. The molecular formula is C11H22N2O. The highest BCUT2D eigenvalue weighted by atomic mass is 16.1. The summed E-state index contributed by atoms with van der Waals surface area (Å²) in [5.74, 6) is 0. The van der Waals surface area contributed by atoms with E-state index in [4.69, 9.17) is 0 Å². The molecule has 3 nitrogen and oxygen atoms in total. The van der Waals surface area contributed by atoms with E-state index in [1.54, 1.807) is 0 Å². The standard InChI is InChI=1S/C11H22N2O/c1-10-7-12(4)5-6-13(10)8-11(2,3)9-14/h9-10H,5-8H2,1-4H3. The molecule has 0 aromatic rings. The fourth-order valence-corrected chi connectivity index (χ4v) is 1.97. The summed E-state index contributed by atoms with van der Waals surface area (Å²) in [6.07, 6.45) is 1.07. The van der Waals surface area contributed by atoms with Crippen molar-refractivity contribution in [3.8, 4) is 0 Å². The van der Waals surface area contributed by atoms with Crippen molar-refractivity contribution in [2.75, 3.05) is 33.2 Å². The number of carbonyl (C=O) groups is 1. The second-order valence-electron chi connectivity index (χ2n) is 5.19. The van der Waals surface area contributed by atoms with Gasteiger partial charge in [-0.2, -0.15) is 0 Å². The molecule has 0 bridgehead atoms. The molecule has 0 spiro atoms. The molecule has 0 aliphatic carbocycles. The van der Waals surface area contributed by atoms with Crippen LogP contribution in [0.25, 0.3) is 0 Å². The normalized spacial score (nSPS) is 26.4. The van der Waals surface area contributed by atoms with Crippen LogP contribution in [0.15, 0.2) is 0 Å². The molecule has 82 valence electrons. The quantitative estimate of drug-likeness (QED) is 0.628. The van der Waals surface area contributed by atoms with Gasteiger partial charge in [-0.3, -0.25) is 4.90 Å². The van der Waals surface area contributed by atoms with E-state index in [-0.39, 0.29) is 5.41 Å². The molecule has 0 amide bonds. The van der Waals surface area contributed by atoms with E-state index in [1.807, 2.05) is 13.8 Å². The lowest BCUT2D eigenvalue weighted by atomic mass is 9.94. The van der Waals surface area contributed by atoms with Crippen molar-refractivity contribution in [3.05, 3.63) is 0 Å². The van der Waals surface area contributed by atoms with Gasteiger partial charge in [0.25, 0.3) is 0 Å². The van der Waals surface area contributed by atoms with Gasteiger partial charge >= 0.3 is 0 Å². The van der Waals surface area contributed by atoms with Gasteiger partial charge in [0.05, 0.1) is 0 Å². The van der Waals surface area contributed by atoms with E-state index in [2.05, 4.69) is 23.8 Å². The van der Waals surface area contributed by atoms with Crippen LogP contribution in [0.5, 0.6) is 0 Å². The Labute approximate surface area is 87.1 Å². The van der Waals surface area contributed by atoms with E-state index in [0.29, 0.717) is 6.04 Å². The van der Waals surface area contributed by atoms with Gasteiger partial charge in [0.1, 0.15) is 6.29 Å². The number of rotatable bonds is 3. The first-order chi connectivity index (χ1) is 6.44. The van der Waals surface area contributed by atoms with E-state index < -0.39 is 0 Å². The Hall–Kier alpha value is -0.410. The van der Waals surface area contributed by atoms with Crippen molar-refractivity contribution < 1.29 is 4.79 Å². The minimum atomic E-state index is -0.204. The fourth-order valence-electron chi connectivity index (χ4n) is 1.97. The van der Waals surface area contributed by atoms with Crippen LogP contribution in [0.4, 0.5) is 0 Å². The number of hydrogen-bond acceptors (Lipinski definition) is 3. The van der Waals surface area contributed by atoms with Crippen LogP contribution in [-0.2, 0) is 4.79 Å². The summed E-state index contributed by atoms with van der Waals surface area (Å²) in [5.41, 5.74) is -0.204. The smallest absolute Gasteiger partial charge is 0.126 e. The summed E-state index contributed by atoms with van der Waals surface area (Å²) in [7, 11) is 2.15. The van der Waals surface area contributed by atoms with Gasteiger partial charge < -0.3 is 9.69 Å². The molecule has 0 aromatic carbocycles. The van der Waals surface area contributed by atoms with E-state index >= 15 is 0 Å².